The van der Waals surface area contributed by atoms with Crippen LogP contribution in [0.25, 0.3) is 0 Å². The summed E-state index contributed by atoms with van der Waals surface area (Å²) < 4.78 is 4.17. The Morgan fingerprint density at radius 3 is 2.10 bits per heavy atom. The molecule has 0 atom stereocenters. The minimum Gasteiger partial charge on any atom is -0.454 e. The van der Waals surface area contributed by atoms with Crippen LogP contribution in [0.1, 0.15) is 13.3 Å². The molecule has 0 bridgehead atoms. The molecular weight excluding hydrogens is 154 g/mol. The van der Waals surface area contributed by atoms with Crippen molar-refractivity contribution in [2.24, 2.45) is 0 Å². The zero-order chi connectivity index (χ0) is 7.82. The zero-order valence-corrected chi connectivity index (χ0v) is 6.78. The Morgan fingerprint density at radius 1 is 1.70 bits per heavy atom. The monoisotopic (exact) mass is 165 g/mol. The maximum absolute atomic E-state index is 9.59. The average molecular weight is 166 g/mol. The van der Waals surface area contributed by atoms with Crippen LogP contribution in [0, 0.1) is 0 Å². The molecule has 0 radical (unpaired) electrons. The first kappa shape index (κ1) is 9.72. The fourth-order valence-corrected chi connectivity index (χ4v) is 0.399. The molecule has 0 spiro atoms. The first-order chi connectivity index (χ1) is 4.77. The number of carbonyl (C=O) groups excluding carboxylic acids is 1. The third-order valence-corrected chi connectivity index (χ3v) is 1.07. The predicted molar refractivity (Wildman–Crippen MR) is 40.4 cm³/mol. The van der Waals surface area contributed by atoms with Gasteiger partial charge in [0.25, 0.3) is 0 Å². The lowest BCUT2D eigenvalue weighted by molar-refractivity contribution is 0.180. The lowest BCUT2D eigenvalue weighted by Crippen LogP contribution is -2.29. The number of halogens is 1. The summed E-state index contributed by atoms with van der Waals surface area (Å²) in [5.74, 6) is 0. The highest BCUT2D eigenvalue weighted by atomic mass is 35.5. The summed E-state index contributed by atoms with van der Waals surface area (Å²) in [7, 11) is 0. The highest BCUT2D eigenvalue weighted by Crippen LogP contribution is 1.82. The third-order valence-electron chi connectivity index (χ3n) is 0.965. The number of nitrogens with one attached hydrogen (secondary N) is 1. The van der Waals surface area contributed by atoms with E-state index in [0.717, 1.165) is 0 Å². The summed E-state index contributed by atoms with van der Waals surface area (Å²) in [6.07, 6.45) is 1.39. The van der Waals surface area contributed by atoms with Crippen LogP contribution in [-0.4, -0.2) is 25.1 Å². The van der Waals surface area contributed by atoms with Gasteiger partial charge in [-0.3, -0.25) is 0 Å². The number of carbonyl (C=O) groups is 1. The molecule has 0 unspecified atom stereocenters. The van der Waals surface area contributed by atoms with Crippen LogP contribution in [0.3, 0.4) is 0 Å². The second-order valence-corrected chi connectivity index (χ2v) is 2.08. The Labute approximate surface area is 65.7 Å². The van der Waals surface area contributed by atoms with E-state index in [0.29, 0.717) is 6.61 Å². The van der Waals surface area contributed by atoms with E-state index in [4.69, 9.17) is 11.6 Å². The summed E-state index contributed by atoms with van der Waals surface area (Å²) in [5, 5.41) is 3.11. The first-order valence-electron chi connectivity index (χ1n) is 3.30. The predicted octanol–water partition coefficient (Wildman–Crippen LogP) is 1.36. The van der Waals surface area contributed by atoms with Gasteiger partial charge in [-0.2, -0.15) is 0 Å². The fourth-order valence-electron chi connectivity index (χ4n) is 0.290. The maximum Gasteiger partial charge on any atom is 0.403 e. The molecule has 10 heavy (non-hydrogen) atoms. The average Bonchev–Trinajstić information content (AvgIpc) is 1.58. The lowest BCUT2D eigenvalue weighted by Gasteiger charge is -2.09. The van der Waals surface area contributed by atoms with Gasteiger partial charge in [0.2, 0.25) is 0 Å². The lowest BCUT2D eigenvalue weighted by atomic mass is 10.3. The Kier molecular flexibility index (Phi) is 6.64. The molecular formula is C6H12ClNO2. The van der Waals surface area contributed by atoms with E-state index >= 15 is 0 Å². The topological polar surface area (TPSA) is 38.3 Å². The number of hydrogen-bond acceptors (Lipinski definition) is 3. The molecule has 0 aromatic carbocycles. The van der Waals surface area contributed by atoms with E-state index in [2.05, 4.69) is 10.1 Å². The number of hydrogen-bond donors (Lipinski definition) is 1. The highest BCUT2D eigenvalue weighted by Gasteiger charge is 1.92. The van der Waals surface area contributed by atoms with E-state index in [1.54, 1.807) is 6.92 Å². The van der Waals surface area contributed by atoms with E-state index < -0.39 is 5.43 Å². The van der Waals surface area contributed by atoms with Gasteiger partial charge >= 0.3 is 5.43 Å². The molecule has 1 aliphatic rings. The second-order valence-electron chi connectivity index (χ2n) is 1.77. The molecule has 0 amide bonds. The SMILES string of the molecule is C1CNC1.CCOC(=O)Cl. The maximum atomic E-state index is 9.59. The summed E-state index contributed by atoms with van der Waals surface area (Å²) in [4.78, 5) is 9.59. The van der Waals surface area contributed by atoms with Gasteiger partial charge in [0.05, 0.1) is 6.61 Å². The standard InChI is InChI=1S/C3H5ClO2.C3H7N/c1-2-6-3(4)5;1-2-4-3-1/h2H2,1H3;4H,1-3H2. The molecule has 1 aliphatic heterocycles. The minimum atomic E-state index is -0.738. The van der Waals surface area contributed by atoms with E-state index in [9.17, 15) is 4.79 Å². The van der Waals surface area contributed by atoms with Crippen LogP contribution in [-0.2, 0) is 4.74 Å². The molecule has 0 aromatic heterocycles. The molecule has 0 aromatic rings. The summed E-state index contributed by atoms with van der Waals surface area (Å²) in [6, 6.07) is 0. The van der Waals surface area contributed by atoms with Crippen LogP contribution < -0.4 is 5.32 Å². The minimum absolute atomic E-state index is 0.350. The first-order valence-corrected chi connectivity index (χ1v) is 3.68. The van der Waals surface area contributed by atoms with Crippen molar-refractivity contribution in [2.75, 3.05) is 19.7 Å². The van der Waals surface area contributed by atoms with Crippen molar-refractivity contribution in [3.8, 4) is 0 Å². The summed E-state index contributed by atoms with van der Waals surface area (Å²) >= 11 is 4.72. The van der Waals surface area contributed by atoms with Crippen LogP contribution in [0.5, 0.6) is 0 Å². The molecule has 4 heteroatoms. The van der Waals surface area contributed by atoms with Gasteiger partial charge in [-0.1, -0.05) is 0 Å². The fraction of sp³-hybridized carbons (Fsp3) is 0.833. The van der Waals surface area contributed by atoms with E-state index in [1.165, 1.54) is 19.5 Å². The van der Waals surface area contributed by atoms with E-state index in [-0.39, 0.29) is 0 Å². The van der Waals surface area contributed by atoms with Crippen molar-refractivity contribution in [1.29, 1.82) is 0 Å². The smallest absolute Gasteiger partial charge is 0.403 e. The second kappa shape index (κ2) is 6.83. The van der Waals surface area contributed by atoms with Crippen LogP contribution in [0.2, 0.25) is 0 Å². The molecule has 1 rings (SSSR count). The number of rotatable bonds is 1. The van der Waals surface area contributed by atoms with Crippen LogP contribution in [0.4, 0.5) is 4.79 Å². The molecule has 60 valence electrons. The van der Waals surface area contributed by atoms with Gasteiger partial charge in [0.15, 0.2) is 0 Å². The van der Waals surface area contributed by atoms with Gasteiger partial charge < -0.3 is 10.1 Å². The van der Waals surface area contributed by atoms with Crippen LogP contribution >= 0.6 is 11.6 Å². The van der Waals surface area contributed by atoms with Crippen molar-refractivity contribution in [2.45, 2.75) is 13.3 Å². The quantitative estimate of drug-likeness (QED) is 0.597. The normalized spacial score (nSPS) is 14.2. The molecule has 1 N–H and O–H groups in total. The largest absolute Gasteiger partial charge is 0.454 e. The van der Waals surface area contributed by atoms with Crippen molar-refractivity contribution in [3.63, 3.8) is 0 Å². The molecule has 1 heterocycles. The molecule has 1 fully saturated rings. The van der Waals surface area contributed by atoms with Gasteiger partial charge in [0.1, 0.15) is 0 Å². The Balaban J connectivity index is 0.000000172. The molecule has 1 saturated heterocycles. The molecule has 0 aliphatic carbocycles. The third kappa shape index (κ3) is 7.72. The van der Waals surface area contributed by atoms with Gasteiger partial charge in [0, 0.05) is 11.6 Å². The van der Waals surface area contributed by atoms with Gasteiger partial charge in [-0.05, 0) is 26.4 Å². The Hall–Kier alpha value is -0.280. The van der Waals surface area contributed by atoms with E-state index in [1.807, 2.05) is 0 Å². The molecule has 0 saturated carbocycles. The van der Waals surface area contributed by atoms with Crippen molar-refractivity contribution in [1.82, 2.24) is 5.32 Å². The Bertz CT molecular complexity index is 89.7. The van der Waals surface area contributed by atoms with Crippen molar-refractivity contribution >= 4 is 17.0 Å². The van der Waals surface area contributed by atoms with Crippen LogP contribution in [0.15, 0.2) is 0 Å². The Morgan fingerprint density at radius 2 is 2.10 bits per heavy atom. The summed E-state index contributed by atoms with van der Waals surface area (Å²) in [6.45, 7) is 4.54. The number of ether oxygens (including phenoxy) is 1. The summed E-state index contributed by atoms with van der Waals surface area (Å²) in [5.41, 5.74) is -0.738. The van der Waals surface area contributed by atoms with Crippen molar-refractivity contribution in [3.05, 3.63) is 0 Å². The van der Waals surface area contributed by atoms with Gasteiger partial charge in [-0.25, -0.2) is 4.79 Å². The van der Waals surface area contributed by atoms with Crippen molar-refractivity contribution < 1.29 is 9.53 Å². The van der Waals surface area contributed by atoms with Gasteiger partial charge in [-0.15, -0.1) is 0 Å². The highest BCUT2D eigenvalue weighted by molar-refractivity contribution is 6.61. The zero-order valence-electron chi connectivity index (χ0n) is 6.02. The molecule has 3 nitrogen and oxygen atoms in total.